The van der Waals surface area contributed by atoms with Crippen LogP contribution in [0, 0.1) is 25.2 Å². The van der Waals surface area contributed by atoms with E-state index in [-0.39, 0.29) is 30.0 Å². The van der Waals surface area contributed by atoms with Crippen molar-refractivity contribution in [3.8, 4) is 34.4 Å². The second-order valence-corrected chi connectivity index (χ2v) is 13.4. The Kier molecular flexibility index (Phi) is 11.5. The Morgan fingerprint density at radius 3 is 2.48 bits per heavy atom. The van der Waals surface area contributed by atoms with Gasteiger partial charge in [-0.15, -0.1) is 0 Å². The van der Waals surface area contributed by atoms with Gasteiger partial charge >= 0.3 is 12.1 Å². The molecule has 280 valence electrons. The number of oxazole rings is 1. The van der Waals surface area contributed by atoms with Gasteiger partial charge < -0.3 is 24.7 Å². The Morgan fingerprint density at radius 2 is 1.78 bits per heavy atom. The van der Waals surface area contributed by atoms with Crippen LogP contribution in [-0.2, 0) is 24.1 Å². The first kappa shape index (κ1) is 38.3. The highest BCUT2D eigenvalue weighted by Crippen LogP contribution is 2.39. The number of benzene rings is 4. The number of rotatable bonds is 12. The van der Waals surface area contributed by atoms with Gasteiger partial charge in [0.25, 0.3) is 0 Å². The number of aliphatic hydroxyl groups excluding tert-OH is 1. The largest absolute Gasteiger partial charge is 0.496 e. The van der Waals surface area contributed by atoms with E-state index in [1.807, 2.05) is 56.3 Å². The number of nitrogens with one attached hydrogen (secondary N) is 1. The molecular weight excluding hydrogens is 697 g/mol. The van der Waals surface area contributed by atoms with Crippen molar-refractivity contribution in [2.45, 2.75) is 58.4 Å². The molecule has 1 aliphatic rings. The smallest absolute Gasteiger partial charge is 0.417 e. The van der Waals surface area contributed by atoms with Gasteiger partial charge in [-0.2, -0.15) is 18.4 Å². The Balaban J connectivity index is 1.33. The number of nitriles is 1. The molecule has 0 bridgehead atoms. The number of likely N-dealkylation sites (tertiary alicyclic amines) is 1. The van der Waals surface area contributed by atoms with Crippen LogP contribution >= 0.6 is 0 Å². The normalized spacial score (nSPS) is 15.2. The van der Waals surface area contributed by atoms with Gasteiger partial charge in [-0.3, -0.25) is 9.69 Å². The van der Waals surface area contributed by atoms with Crippen molar-refractivity contribution in [1.82, 2.24) is 15.2 Å². The highest BCUT2D eigenvalue weighted by atomic mass is 19.4. The van der Waals surface area contributed by atoms with Crippen LogP contribution in [0.25, 0.3) is 45.8 Å². The zero-order valence-electron chi connectivity index (χ0n) is 30.3. The fraction of sp³-hybridized carbons (Fsp3) is 0.310. The van der Waals surface area contributed by atoms with Crippen molar-refractivity contribution < 1.29 is 37.3 Å². The van der Waals surface area contributed by atoms with Crippen molar-refractivity contribution in [3.05, 3.63) is 105 Å². The monoisotopic (exact) mass is 738 g/mol. The Bertz CT molecular complexity index is 2260. The highest BCUT2D eigenvalue weighted by Gasteiger charge is 2.35. The number of methoxy groups -OCH3 is 1. The molecule has 2 heterocycles. The van der Waals surface area contributed by atoms with Crippen LogP contribution in [0.1, 0.15) is 63.8 Å². The quantitative estimate of drug-likeness (QED) is 0.0854. The molecule has 1 aromatic heterocycles. The fourth-order valence-electron chi connectivity index (χ4n) is 7.18. The first-order valence-corrected chi connectivity index (χ1v) is 17.7. The van der Waals surface area contributed by atoms with Gasteiger partial charge in [0.2, 0.25) is 5.89 Å². The van der Waals surface area contributed by atoms with Crippen LogP contribution < -0.4 is 10.1 Å². The second-order valence-electron chi connectivity index (χ2n) is 13.4. The fourth-order valence-corrected chi connectivity index (χ4v) is 7.18. The molecule has 0 radical (unpaired) electrons. The number of carboxylic acids is 1. The molecule has 0 saturated carbocycles. The minimum absolute atomic E-state index is 0.00406. The second kappa shape index (κ2) is 16.3. The first-order valence-electron chi connectivity index (χ1n) is 17.7. The molecule has 0 spiro atoms. The van der Waals surface area contributed by atoms with Gasteiger partial charge in [0, 0.05) is 30.8 Å². The zero-order valence-corrected chi connectivity index (χ0v) is 30.3. The van der Waals surface area contributed by atoms with Crippen molar-refractivity contribution >= 4 is 29.2 Å². The van der Waals surface area contributed by atoms with Crippen LogP contribution in [0.4, 0.5) is 13.2 Å². The molecule has 6 rings (SSSR count). The SMILES string of the molecule is COc1cc(/C=C/c2cccc(-c3cccc(-c4nc5cc(CNCCO)cc(C#N)c5o4)c3C)c2C)c(C(F)(F)F)cc1CN1CCCC[C@H]1C(=O)O. The van der Waals surface area contributed by atoms with Crippen molar-refractivity contribution in [1.29, 1.82) is 5.26 Å². The van der Waals surface area contributed by atoms with E-state index in [0.29, 0.717) is 54.2 Å². The maximum Gasteiger partial charge on any atom is 0.417 e. The minimum atomic E-state index is -4.67. The number of piperidine rings is 1. The van der Waals surface area contributed by atoms with E-state index in [1.54, 1.807) is 17.0 Å². The number of hydrogen-bond donors (Lipinski definition) is 3. The number of nitrogens with zero attached hydrogens (tertiary/aromatic N) is 3. The van der Waals surface area contributed by atoms with Gasteiger partial charge in [0.1, 0.15) is 23.4 Å². The van der Waals surface area contributed by atoms with Gasteiger partial charge in [0.15, 0.2) is 5.58 Å². The molecule has 12 heteroatoms. The summed E-state index contributed by atoms with van der Waals surface area (Å²) in [5.74, 6) is -0.376. The van der Waals surface area contributed by atoms with Crippen LogP contribution in [0.3, 0.4) is 0 Å². The molecule has 0 unspecified atom stereocenters. The van der Waals surface area contributed by atoms with E-state index >= 15 is 0 Å². The number of fused-ring (bicyclic) bond motifs is 1. The summed E-state index contributed by atoms with van der Waals surface area (Å²) in [4.78, 5) is 18.3. The Hall–Kier alpha value is -5.48. The molecule has 54 heavy (non-hydrogen) atoms. The predicted molar refractivity (Wildman–Crippen MR) is 200 cm³/mol. The summed E-state index contributed by atoms with van der Waals surface area (Å²) in [6.45, 7) is 5.23. The molecule has 4 aromatic carbocycles. The molecule has 1 atom stereocenters. The summed E-state index contributed by atoms with van der Waals surface area (Å²) in [6.07, 6.45) is 0.393. The number of carbonyl (C=O) groups is 1. The average molecular weight is 739 g/mol. The number of ether oxygens (including phenoxy) is 1. The lowest BCUT2D eigenvalue weighted by Gasteiger charge is -2.33. The van der Waals surface area contributed by atoms with Crippen LogP contribution in [0.15, 0.2) is 65.1 Å². The van der Waals surface area contributed by atoms with E-state index in [1.165, 1.54) is 19.3 Å². The van der Waals surface area contributed by atoms with Crippen molar-refractivity contribution in [3.63, 3.8) is 0 Å². The van der Waals surface area contributed by atoms with E-state index < -0.39 is 23.8 Å². The standard InChI is InChI=1S/C42H41F3N4O5/c1-25-28(13-14-29-21-38(53-3)31(20-35(29)42(43,44)45)24-49-16-5-4-12-37(49)41(51)52)8-6-9-32(25)33-10-7-11-34(26(33)2)40-48-36-19-27(23-47-15-17-50)18-30(22-46)39(36)54-40/h6-11,13-14,18-21,37,47,50H,4-5,12,15-17,23-24H2,1-3H3,(H,51,52)/b14-13+/t37-/m0/s1. The lowest BCUT2D eigenvalue weighted by molar-refractivity contribution is -0.145. The third kappa shape index (κ3) is 8.04. The van der Waals surface area contributed by atoms with E-state index in [2.05, 4.69) is 11.4 Å². The molecular formula is C42H41F3N4O5. The van der Waals surface area contributed by atoms with Gasteiger partial charge in [-0.1, -0.05) is 48.9 Å². The number of halogens is 3. The number of carboxylic acid groups (broad SMARTS) is 1. The minimum Gasteiger partial charge on any atom is -0.496 e. The molecule has 0 aliphatic carbocycles. The molecule has 1 aliphatic heterocycles. The topological polar surface area (TPSA) is 132 Å². The number of aliphatic hydroxyl groups is 1. The molecule has 9 nitrogen and oxygen atoms in total. The summed E-state index contributed by atoms with van der Waals surface area (Å²) >= 11 is 0. The molecule has 0 amide bonds. The third-order valence-electron chi connectivity index (χ3n) is 9.99. The Labute approximate surface area is 311 Å². The number of hydrogen-bond acceptors (Lipinski definition) is 8. The zero-order chi connectivity index (χ0) is 38.6. The predicted octanol–water partition coefficient (Wildman–Crippen LogP) is 8.37. The van der Waals surface area contributed by atoms with E-state index in [0.717, 1.165) is 52.3 Å². The van der Waals surface area contributed by atoms with Gasteiger partial charge in [0.05, 0.1) is 24.8 Å². The number of aromatic nitrogens is 1. The first-order chi connectivity index (χ1) is 25.9. The summed E-state index contributed by atoms with van der Waals surface area (Å²) in [6, 6.07) is 18.8. The number of alkyl halides is 3. The third-order valence-corrected chi connectivity index (χ3v) is 9.99. The maximum absolute atomic E-state index is 14.5. The summed E-state index contributed by atoms with van der Waals surface area (Å²) in [7, 11) is 1.40. The molecule has 1 saturated heterocycles. The van der Waals surface area contributed by atoms with E-state index in [9.17, 15) is 28.3 Å². The van der Waals surface area contributed by atoms with Gasteiger partial charge in [-0.05, 0) is 103 Å². The summed E-state index contributed by atoms with van der Waals surface area (Å²) in [5.41, 5.74) is 6.41. The maximum atomic E-state index is 14.5. The molecule has 1 fully saturated rings. The lowest BCUT2D eigenvalue weighted by atomic mass is 9.91. The van der Waals surface area contributed by atoms with Crippen LogP contribution in [0.2, 0.25) is 0 Å². The summed E-state index contributed by atoms with van der Waals surface area (Å²) < 4.78 is 55.3. The van der Waals surface area contributed by atoms with Crippen molar-refractivity contribution in [2.75, 3.05) is 26.8 Å². The lowest BCUT2D eigenvalue weighted by Crippen LogP contribution is -2.44. The van der Waals surface area contributed by atoms with Gasteiger partial charge in [-0.25, -0.2) is 4.98 Å². The van der Waals surface area contributed by atoms with Crippen molar-refractivity contribution in [2.24, 2.45) is 0 Å². The molecule has 3 N–H and O–H groups in total. The molecule has 5 aromatic rings. The van der Waals surface area contributed by atoms with Crippen LogP contribution in [-0.4, -0.2) is 58.9 Å². The van der Waals surface area contributed by atoms with Crippen LogP contribution in [0.5, 0.6) is 5.75 Å². The Morgan fingerprint density at radius 1 is 1.06 bits per heavy atom. The average Bonchev–Trinajstić information content (AvgIpc) is 3.58. The highest BCUT2D eigenvalue weighted by molar-refractivity contribution is 5.86. The summed E-state index contributed by atoms with van der Waals surface area (Å²) in [5, 5.41) is 31.7. The number of aliphatic carboxylic acids is 1. The van der Waals surface area contributed by atoms with E-state index in [4.69, 9.17) is 19.2 Å².